The zero-order valence-electron chi connectivity index (χ0n) is 13.7. The molecule has 0 bridgehead atoms. The maximum atomic E-state index is 6.53. The number of nitrogens with one attached hydrogen (secondary N) is 1. The topological polar surface area (TPSA) is 15.3 Å². The van der Waals surface area contributed by atoms with Crippen LogP contribution < -0.4 is 10.2 Å². The molecule has 1 atom stereocenters. The normalized spacial score (nSPS) is 19.3. The van der Waals surface area contributed by atoms with Crippen LogP contribution in [0.5, 0.6) is 0 Å². The van der Waals surface area contributed by atoms with Gasteiger partial charge in [0.2, 0.25) is 0 Å². The highest BCUT2D eigenvalue weighted by molar-refractivity contribution is 6.33. The molecule has 0 amide bonds. The Bertz CT molecular complexity index is 445. The van der Waals surface area contributed by atoms with Crippen molar-refractivity contribution >= 4 is 17.3 Å². The molecule has 2 rings (SSSR count). The van der Waals surface area contributed by atoms with Crippen molar-refractivity contribution in [3.63, 3.8) is 0 Å². The van der Waals surface area contributed by atoms with E-state index in [1.54, 1.807) is 0 Å². The molecule has 1 unspecified atom stereocenters. The van der Waals surface area contributed by atoms with Crippen molar-refractivity contribution in [2.45, 2.75) is 46.6 Å². The quantitative estimate of drug-likeness (QED) is 0.818. The second kappa shape index (κ2) is 8.05. The van der Waals surface area contributed by atoms with Crippen molar-refractivity contribution in [1.82, 2.24) is 5.32 Å². The van der Waals surface area contributed by atoms with E-state index < -0.39 is 0 Å². The summed E-state index contributed by atoms with van der Waals surface area (Å²) in [7, 11) is 0. The Balaban J connectivity index is 1.98. The van der Waals surface area contributed by atoms with Crippen molar-refractivity contribution in [3.8, 4) is 0 Å². The Kier molecular flexibility index (Phi) is 6.38. The van der Waals surface area contributed by atoms with Gasteiger partial charge in [-0.2, -0.15) is 0 Å². The number of anilines is 1. The first kappa shape index (κ1) is 16.6. The zero-order chi connectivity index (χ0) is 15.2. The molecule has 21 heavy (non-hydrogen) atoms. The molecule has 2 nitrogen and oxygen atoms in total. The van der Waals surface area contributed by atoms with Gasteiger partial charge in [0.05, 0.1) is 10.7 Å². The molecule has 1 aliphatic rings. The van der Waals surface area contributed by atoms with Gasteiger partial charge in [0, 0.05) is 19.6 Å². The van der Waals surface area contributed by atoms with Crippen LogP contribution in [-0.2, 0) is 6.54 Å². The van der Waals surface area contributed by atoms with Crippen LogP contribution in [0.3, 0.4) is 0 Å². The van der Waals surface area contributed by atoms with Crippen LogP contribution in [-0.4, -0.2) is 19.6 Å². The first-order valence-electron chi connectivity index (χ1n) is 8.34. The Hall–Kier alpha value is -0.730. The van der Waals surface area contributed by atoms with E-state index in [4.69, 9.17) is 11.6 Å². The first-order chi connectivity index (χ1) is 10.1. The molecule has 0 aliphatic carbocycles. The minimum absolute atomic E-state index is 0.680. The SMILES string of the molecule is CCC1CCCN(c2ccc(CNCC(C)C)cc2Cl)C1. The third kappa shape index (κ3) is 4.89. The van der Waals surface area contributed by atoms with Gasteiger partial charge in [0.15, 0.2) is 0 Å². The summed E-state index contributed by atoms with van der Waals surface area (Å²) >= 11 is 6.53. The predicted octanol–water partition coefficient (Wildman–Crippen LogP) is 4.71. The average molecular weight is 309 g/mol. The lowest BCUT2D eigenvalue weighted by atomic mass is 9.95. The van der Waals surface area contributed by atoms with E-state index >= 15 is 0 Å². The molecule has 0 radical (unpaired) electrons. The minimum Gasteiger partial charge on any atom is -0.370 e. The van der Waals surface area contributed by atoms with Gasteiger partial charge in [-0.05, 0) is 48.9 Å². The van der Waals surface area contributed by atoms with E-state index in [2.05, 4.69) is 49.2 Å². The van der Waals surface area contributed by atoms with Crippen LogP contribution >= 0.6 is 11.6 Å². The van der Waals surface area contributed by atoms with Gasteiger partial charge in [-0.1, -0.05) is 44.9 Å². The maximum Gasteiger partial charge on any atom is 0.0642 e. The Morgan fingerprint density at radius 3 is 2.86 bits per heavy atom. The van der Waals surface area contributed by atoms with E-state index in [1.807, 2.05) is 0 Å². The van der Waals surface area contributed by atoms with Crippen LogP contribution in [0.15, 0.2) is 18.2 Å². The fourth-order valence-corrected chi connectivity index (χ4v) is 3.36. The summed E-state index contributed by atoms with van der Waals surface area (Å²) in [5.74, 6) is 1.50. The van der Waals surface area contributed by atoms with Gasteiger partial charge < -0.3 is 10.2 Å². The Morgan fingerprint density at radius 2 is 2.19 bits per heavy atom. The molecule has 0 spiro atoms. The third-order valence-electron chi connectivity index (χ3n) is 4.33. The summed E-state index contributed by atoms with van der Waals surface area (Å²) in [6.45, 7) is 11.0. The molecular formula is C18H29ClN2. The lowest BCUT2D eigenvalue weighted by molar-refractivity contribution is 0.405. The highest BCUT2D eigenvalue weighted by atomic mass is 35.5. The molecule has 1 saturated heterocycles. The largest absolute Gasteiger partial charge is 0.370 e. The lowest BCUT2D eigenvalue weighted by Gasteiger charge is -2.34. The highest BCUT2D eigenvalue weighted by Crippen LogP contribution is 2.31. The number of nitrogens with zero attached hydrogens (tertiary/aromatic N) is 1. The van der Waals surface area contributed by atoms with E-state index in [-0.39, 0.29) is 0 Å². The van der Waals surface area contributed by atoms with Crippen molar-refractivity contribution in [3.05, 3.63) is 28.8 Å². The van der Waals surface area contributed by atoms with Gasteiger partial charge >= 0.3 is 0 Å². The van der Waals surface area contributed by atoms with E-state index in [1.165, 1.54) is 30.5 Å². The summed E-state index contributed by atoms with van der Waals surface area (Å²) in [4.78, 5) is 2.46. The monoisotopic (exact) mass is 308 g/mol. The summed E-state index contributed by atoms with van der Waals surface area (Å²) in [6.07, 6.45) is 3.92. The van der Waals surface area contributed by atoms with E-state index in [0.29, 0.717) is 5.92 Å². The van der Waals surface area contributed by atoms with Gasteiger partial charge in [-0.3, -0.25) is 0 Å². The fraction of sp³-hybridized carbons (Fsp3) is 0.667. The molecule has 1 heterocycles. The van der Waals surface area contributed by atoms with Crippen molar-refractivity contribution in [2.75, 3.05) is 24.5 Å². The van der Waals surface area contributed by atoms with Gasteiger partial charge in [0.25, 0.3) is 0 Å². The number of hydrogen-bond acceptors (Lipinski definition) is 2. The highest BCUT2D eigenvalue weighted by Gasteiger charge is 2.20. The number of piperidine rings is 1. The molecule has 1 fully saturated rings. The van der Waals surface area contributed by atoms with Gasteiger partial charge in [-0.15, -0.1) is 0 Å². The third-order valence-corrected chi connectivity index (χ3v) is 4.63. The van der Waals surface area contributed by atoms with Crippen LogP contribution in [0.1, 0.15) is 45.6 Å². The van der Waals surface area contributed by atoms with Crippen molar-refractivity contribution < 1.29 is 0 Å². The Labute approximate surface area is 134 Å². The number of halogens is 1. The van der Waals surface area contributed by atoms with Gasteiger partial charge in [-0.25, -0.2) is 0 Å². The number of benzene rings is 1. The summed E-state index contributed by atoms with van der Waals surface area (Å²) < 4.78 is 0. The second-order valence-corrected chi connectivity index (χ2v) is 7.08. The minimum atomic E-state index is 0.680. The predicted molar refractivity (Wildman–Crippen MR) is 93.2 cm³/mol. The second-order valence-electron chi connectivity index (χ2n) is 6.67. The van der Waals surface area contributed by atoms with E-state index in [9.17, 15) is 0 Å². The summed E-state index contributed by atoms with van der Waals surface area (Å²) in [5.41, 5.74) is 2.48. The smallest absolute Gasteiger partial charge is 0.0642 e. The first-order valence-corrected chi connectivity index (χ1v) is 8.72. The zero-order valence-corrected chi connectivity index (χ0v) is 14.4. The summed E-state index contributed by atoms with van der Waals surface area (Å²) in [5, 5.41) is 4.37. The molecular weight excluding hydrogens is 280 g/mol. The van der Waals surface area contributed by atoms with Crippen molar-refractivity contribution in [2.24, 2.45) is 11.8 Å². The molecule has 1 aromatic carbocycles. The molecule has 3 heteroatoms. The standard InChI is InChI=1S/C18H29ClN2/c1-4-15-6-5-9-21(13-15)18-8-7-16(10-17(18)19)12-20-11-14(2)3/h7-8,10,14-15,20H,4-6,9,11-13H2,1-3H3. The average Bonchev–Trinajstić information content (AvgIpc) is 2.47. The summed E-state index contributed by atoms with van der Waals surface area (Å²) in [6, 6.07) is 6.54. The number of rotatable bonds is 6. The van der Waals surface area contributed by atoms with E-state index in [0.717, 1.165) is 37.1 Å². The van der Waals surface area contributed by atoms with Crippen LogP contribution in [0.2, 0.25) is 5.02 Å². The van der Waals surface area contributed by atoms with Gasteiger partial charge in [0.1, 0.15) is 0 Å². The fourth-order valence-electron chi connectivity index (χ4n) is 3.04. The van der Waals surface area contributed by atoms with Crippen LogP contribution in [0.4, 0.5) is 5.69 Å². The molecule has 1 N–H and O–H groups in total. The molecule has 1 aromatic rings. The molecule has 1 aliphatic heterocycles. The number of hydrogen-bond donors (Lipinski definition) is 1. The maximum absolute atomic E-state index is 6.53. The van der Waals surface area contributed by atoms with Crippen LogP contribution in [0, 0.1) is 11.8 Å². The lowest BCUT2D eigenvalue weighted by Crippen LogP contribution is -2.35. The molecule has 0 aromatic heterocycles. The Morgan fingerprint density at radius 1 is 1.38 bits per heavy atom. The molecule has 0 saturated carbocycles. The van der Waals surface area contributed by atoms with Crippen molar-refractivity contribution in [1.29, 1.82) is 0 Å². The molecule has 118 valence electrons. The van der Waals surface area contributed by atoms with Crippen LogP contribution in [0.25, 0.3) is 0 Å².